The van der Waals surface area contributed by atoms with E-state index >= 15 is 0 Å². The molecule has 3 aromatic carbocycles. The minimum atomic E-state index is -1.60. The number of hydrogen-bond acceptors (Lipinski definition) is 1. The van der Waals surface area contributed by atoms with Gasteiger partial charge in [-0.2, -0.15) is 0 Å². The van der Waals surface area contributed by atoms with Crippen LogP contribution in [0.2, 0.25) is 19.6 Å². The monoisotopic (exact) mass is 450 g/mol. The van der Waals surface area contributed by atoms with Crippen molar-refractivity contribution in [3.63, 3.8) is 0 Å². The molecule has 2 unspecified atom stereocenters. The Morgan fingerprint density at radius 2 is 1.61 bits per heavy atom. The van der Waals surface area contributed by atoms with Gasteiger partial charge >= 0.3 is 0 Å². The second-order valence-electron chi connectivity index (χ2n) is 10.7. The maximum Gasteiger partial charge on any atom is 0.184 e. The molecule has 3 aromatic rings. The summed E-state index contributed by atoms with van der Waals surface area (Å²) in [7, 11) is -1.60. The van der Waals surface area contributed by atoms with Crippen LogP contribution in [0.5, 0.6) is 0 Å². The van der Waals surface area contributed by atoms with Crippen molar-refractivity contribution in [2.75, 3.05) is 0 Å². The lowest BCUT2D eigenvalue weighted by molar-refractivity contribution is 0.213. The van der Waals surface area contributed by atoms with Crippen LogP contribution in [0.3, 0.4) is 0 Å². The van der Waals surface area contributed by atoms with Crippen molar-refractivity contribution >= 4 is 26.0 Å². The quantitative estimate of drug-likeness (QED) is 0.317. The van der Waals surface area contributed by atoms with Gasteiger partial charge in [-0.15, -0.1) is 0 Å². The van der Waals surface area contributed by atoms with Crippen LogP contribution in [-0.2, 0) is 4.43 Å². The molecule has 0 N–H and O–H groups in total. The van der Waals surface area contributed by atoms with E-state index in [2.05, 4.69) is 113 Å². The van der Waals surface area contributed by atoms with Gasteiger partial charge < -0.3 is 4.43 Å². The standard InChI is InChI=1S/C31H34OSi/c1-20(2)25-15-16-28-26-13-9-7-12-23(26)19-29(28)31(25)30-24(17-21(3)32-33(4,5)6)18-22-11-8-10-14-27(22)30/h7-16,18-19,21,30H,17H2,1-6H3. The van der Waals surface area contributed by atoms with Crippen LogP contribution in [0.15, 0.2) is 66.2 Å². The van der Waals surface area contributed by atoms with Crippen molar-refractivity contribution in [1.82, 2.24) is 0 Å². The van der Waals surface area contributed by atoms with E-state index in [-0.39, 0.29) is 12.0 Å². The summed E-state index contributed by atoms with van der Waals surface area (Å²) in [5.41, 5.74) is 8.47. The molecule has 0 heterocycles. The average Bonchev–Trinajstić information content (AvgIpc) is 3.29. The molecule has 33 heavy (non-hydrogen) atoms. The van der Waals surface area contributed by atoms with Gasteiger partial charge in [0.25, 0.3) is 0 Å². The summed E-state index contributed by atoms with van der Waals surface area (Å²) < 4.78 is 6.49. The molecule has 0 amide bonds. The van der Waals surface area contributed by atoms with Crippen LogP contribution < -0.4 is 10.4 Å². The lowest BCUT2D eigenvalue weighted by Crippen LogP contribution is -2.31. The van der Waals surface area contributed by atoms with Crippen LogP contribution in [-0.4, -0.2) is 14.4 Å². The van der Waals surface area contributed by atoms with Gasteiger partial charge in [0.05, 0.1) is 0 Å². The van der Waals surface area contributed by atoms with E-state index in [1.165, 1.54) is 54.3 Å². The van der Waals surface area contributed by atoms with E-state index in [9.17, 15) is 0 Å². The summed E-state index contributed by atoms with van der Waals surface area (Å²) in [5.74, 6) is 0.263. The highest BCUT2D eigenvalue weighted by Crippen LogP contribution is 2.44. The maximum absolute atomic E-state index is 6.49. The second-order valence-corrected chi connectivity index (χ2v) is 15.2. The van der Waals surface area contributed by atoms with Gasteiger partial charge in [0, 0.05) is 12.0 Å². The Labute approximate surface area is 198 Å². The number of rotatable bonds is 5. The van der Waals surface area contributed by atoms with Crippen molar-refractivity contribution in [2.45, 2.75) is 58.9 Å². The molecule has 0 aliphatic heterocycles. The molecule has 2 heteroatoms. The first-order valence-corrected chi connectivity index (χ1v) is 15.5. The van der Waals surface area contributed by atoms with Crippen molar-refractivity contribution in [3.8, 4) is 0 Å². The van der Waals surface area contributed by atoms with Crippen molar-refractivity contribution in [3.05, 3.63) is 109 Å². The molecule has 1 nitrogen and oxygen atoms in total. The number of fused-ring (bicyclic) bond motifs is 3. The first kappa shape index (κ1) is 22.1. The van der Waals surface area contributed by atoms with Crippen molar-refractivity contribution in [2.24, 2.45) is 0 Å². The van der Waals surface area contributed by atoms with Gasteiger partial charge in [0.15, 0.2) is 8.32 Å². The Kier molecular flexibility index (Phi) is 5.54. The molecule has 0 bridgehead atoms. The third-order valence-electron chi connectivity index (χ3n) is 6.76. The van der Waals surface area contributed by atoms with Crippen molar-refractivity contribution < 1.29 is 4.43 Å². The normalized spacial score (nSPS) is 17.0. The van der Waals surface area contributed by atoms with Gasteiger partial charge in [-0.3, -0.25) is 0 Å². The molecule has 0 radical (unpaired) electrons. The minimum absolute atomic E-state index is 0.216. The fourth-order valence-corrected chi connectivity index (χ4v) is 6.97. The highest BCUT2D eigenvalue weighted by atomic mass is 28.4. The smallest absolute Gasteiger partial charge is 0.184 e. The number of hydrogen-bond donors (Lipinski definition) is 0. The highest BCUT2D eigenvalue weighted by molar-refractivity contribution is 6.69. The minimum Gasteiger partial charge on any atom is -0.415 e. The van der Waals surface area contributed by atoms with Crippen LogP contribution in [0.4, 0.5) is 0 Å². The van der Waals surface area contributed by atoms with Crippen LogP contribution in [0, 0.1) is 10.4 Å². The SMILES string of the molecule is CC(C)=c1ccc2c(c1C1C(CC(C)O[Si](C)(C)C)=Cc3ccccc31)C=c1ccccc1=2. The predicted octanol–water partition coefficient (Wildman–Crippen LogP) is 6.47. The maximum atomic E-state index is 6.49. The Hall–Kier alpha value is -2.68. The molecule has 168 valence electrons. The van der Waals surface area contributed by atoms with Gasteiger partial charge in [-0.05, 0) is 96.0 Å². The van der Waals surface area contributed by atoms with E-state index in [0.717, 1.165) is 6.42 Å². The average molecular weight is 451 g/mol. The van der Waals surface area contributed by atoms with Crippen LogP contribution in [0.1, 0.15) is 55.4 Å². The van der Waals surface area contributed by atoms with Gasteiger partial charge in [-0.1, -0.05) is 77.9 Å². The predicted molar refractivity (Wildman–Crippen MR) is 143 cm³/mol. The third-order valence-corrected chi connectivity index (χ3v) is 7.87. The Morgan fingerprint density at radius 3 is 2.36 bits per heavy atom. The largest absolute Gasteiger partial charge is 0.415 e. The first-order valence-electron chi connectivity index (χ1n) is 12.1. The molecule has 0 aromatic heterocycles. The summed E-state index contributed by atoms with van der Waals surface area (Å²) in [6, 6.07) is 22.4. The topological polar surface area (TPSA) is 9.23 Å². The molecular weight excluding hydrogens is 416 g/mol. The summed E-state index contributed by atoms with van der Waals surface area (Å²) in [4.78, 5) is 0. The van der Waals surface area contributed by atoms with Crippen molar-refractivity contribution in [1.29, 1.82) is 0 Å². The Bertz CT molecular complexity index is 1480. The fraction of sp³-hybridized carbons (Fsp3) is 0.290. The third kappa shape index (κ3) is 4.07. The first-order chi connectivity index (χ1) is 15.7. The summed E-state index contributed by atoms with van der Waals surface area (Å²) in [6.07, 6.45) is 6.02. The lowest BCUT2D eigenvalue weighted by Gasteiger charge is -2.27. The zero-order valence-electron chi connectivity index (χ0n) is 20.7. The summed E-state index contributed by atoms with van der Waals surface area (Å²) >= 11 is 0. The molecule has 0 spiro atoms. The zero-order valence-corrected chi connectivity index (χ0v) is 21.7. The van der Waals surface area contributed by atoms with Gasteiger partial charge in [0.2, 0.25) is 0 Å². The van der Waals surface area contributed by atoms with E-state index in [0.29, 0.717) is 0 Å². The van der Waals surface area contributed by atoms with E-state index in [1.807, 2.05) is 0 Å². The molecule has 0 saturated carbocycles. The van der Waals surface area contributed by atoms with Crippen LogP contribution in [0.25, 0.3) is 17.7 Å². The number of benzene rings is 3. The summed E-state index contributed by atoms with van der Waals surface area (Å²) in [5, 5.41) is 5.41. The Morgan fingerprint density at radius 1 is 0.879 bits per heavy atom. The second kappa shape index (κ2) is 8.27. The Balaban J connectivity index is 1.75. The molecule has 0 fully saturated rings. The van der Waals surface area contributed by atoms with Gasteiger partial charge in [0.1, 0.15) is 0 Å². The fourth-order valence-electron chi connectivity index (χ4n) is 5.68. The molecule has 0 saturated heterocycles. The molecule has 2 aliphatic rings. The molecular formula is C31H34OSi. The molecule has 2 aliphatic carbocycles. The highest BCUT2D eigenvalue weighted by Gasteiger charge is 2.31. The lowest BCUT2D eigenvalue weighted by atomic mass is 9.81. The van der Waals surface area contributed by atoms with E-state index in [1.54, 1.807) is 0 Å². The van der Waals surface area contributed by atoms with E-state index in [4.69, 9.17) is 4.43 Å². The zero-order chi connectivity index (χ0) is 23.3. The molecule has 2 atom stereocenters. The van der Waals surface area contributed by atoms with Crippen LogP contribution >= 0.6 is 0 Å². The van der Waals surface area contributed by atoms with Gasteiger partial charge in [-0.25, -0.2) is 0 Å². The summed E-state index contributed by atoms with van der Waals surface area (Å²) in [6.45, 7) is 13.6. The molecule has 5 rings (SSSR count). The van der Waals surface area contributed by atoms with E-state index < -0.39 is 8.32 Å².